The molecule has 1 aromatic rings. The summed E-state index contributed by atoms with van der Waals surface area (Å²) in [4.78, 5) is 16.4. The molecule has 28 heavy (non-hydrogen) atoms. The molecule has 2 aliphatic rings. The van der Waals surface area contributed by atoms with Crippen LogP contribution in [0.2, 0.25) is 0 Å². The summed E-state index contributed by atoms with van der Waals surface area (Å²) in [5, 5.41) is 9.85. The summed E-state index contributed by atoms with van der Waals surface area (Å²) in [5.74, 6) is 1.61. The first kappa shape index (κ1) is 20.5. The molecule has 0 spiro atoms. The van der Waals surface area contributed by atoms with E-state index in [4.69, 9.17) is 9.73 Å². The van der Waals surface area contributed by atoms with Crippen molar-refractivity contribution in [3.05, 3.63) is 29.8 Å². The van der Waals surface area contributed by atoms with Gasteiger partial charge in [0.05, 0.1) is 0 Å². The summed E-state index contributed by atoms with van der Waals surface area (Å²) < 4.78 is 5.55. The fraction of sp³-hybridized carbons (Fsp3) is 0.636. The summed E-state index contributed by atoms with van der Waals surface area (Å²) in [6, 6.07) is 8.87. The predicted octanol–water partition coefficient (Wildman–Crippen LogP) is 2.77. The highest BCUT2D eigenvalue weighted by Crippen LogP contribution is 2.19. The van der Waals surface area contributed by atoms with Gasteiger partial charge in [0.25, 0.3) is 5.91 Å². The van der Waals surface area contributed by atoms with E-state index < -0.39 is 0 Å². The third kappa shape index (κ3) is 7.41. The van der Waals surface area contributed by atoms with Gasteiger partial charge in [-0.05, 0) is 56.7 Å². The minimum Gasteiger partial charge on any atom is -0.484 e. The van der Waals surface area contributed by atoms with E-state index in [0.29, 0.717) is 12.1 Å². The SMILES string of the molecule is CCNC(=NCCc1ccc(OCC(=O)NC2CC2)cc1)NC1CCCCC1. The molecule has 0 radical (unpaired) electrons. The molecule has 0 aromatic heterocycles. The Kier molecular flexibility index (Phi) is 8.00. The fourth-order valence-electron chi connectivity index (χ4n) is 3.46. The van der Waals surface area contributed by atoms with Crippen molar-refractivity contribution in [1.82, 2.24) is 16.0 Å². The Morgan fingerprint density at radius 3 is 2.43 bits per heavy atom. The Morgan fingerprint density at radius 2 is 1.75 bits per heavy atom. The topological polar surface area (TPSA) is 74.8 Å². The van der Waals surface area contributed by atoms with Crippen molar-refractivity contribution in [2.45, 2.75) is 70.4 Å². The quantitative estimate of drug-likeness (QED) is 0.451. The molecule has 0 heterocycles. The normalized spacial score (nSPS) is 17.8. The van der Waals surface area contributed by atoms with E-state index in [1.807, 2.05) is 24.3 Å². The average molecular weight is 387 g/mol. The maximum atomic E-state index is 11.7. The number of hydrogen-bond donors (Lipinski definition) is 3. The summed E-state index contributed by atoms with van der Waals surface area (Å²) in [7, 11) is 0. The van der Waals surface area contributed by atoms with Gasteiger partial charge < -0.3 is 20.7 Å². The van der Waals surface area contributed by atoms with Gasteiger partial charge in [0.15, 0.2) is 12.6 Å². The number of benzene rings is 1. The van der Waals surface area contributed by atoms with Crippen LogP contribution >= 0.6 is 0 Å². The molecular formula is C22H34N4O2. The highest BCUT2D eigenvalue weighted by atomic mass is 16.5. The van der Waals surface area contributed by atoms with Crippen LogP contribution in [-0.4, -0.2) is 43.6 Å². The van der Waals surface area contributed by atoms with E-state index in [-0.39, 0.29) is 12.5 Å². The Balaban J connectivity index is 1.40. The molecule has 6 heteroatoms. The van der Waals surface area contributed by atoms with Gasteiger partial charge in [-0.25, -0.2) is 0 Å². The predicted molar refractivity (Wildman–Crippen MR) is 113 cm³/mol. The number of aliphatic imine (C=N–C) groups is 1. The fourth-order valence-corrected chi connectivity index (χ4v) is 3.46. The second-order valence-electron chi connectivity index (χ2n) is 7.76. The largest absolute Gasteiger partial charge is 0.484 e. The first-order valence-corrected chi connectivity index (χ1v) is 10.8. The van der Waals surface area contributed by atoms with E-state index in [1.165, 1.54) is 37.7 Å². The monoisotopic (exact) mass is 386 g/mol. The van der Waals surface area contributed by atoms with Crippen molar-refractivity contribution in [3.63, 3.8) is 0 Å². The standard InChI is InChI=1S/C22H34N4O2/c1-2-23-22(26-18-6-4-3-5-7-18)24-15-14-17-8-12-20(13-9-17)28-16-21(27)25-19-10-11-19/h8-9,12-13,18-19H,2-7,10-11,14-16H2,1H3,(H,25,27)(H2,23,24,26). The lowest BCUT2D eigenvalue weighted by molar-refractivity contribution is -0.123. The molecule has 1 amide bonds. The number of rotatable bonds is 9. The number of guanidine groups is 1. The number of hydrogen-bond acceptors (Lipinski definition) is 3. The highest BCUT2D eigenvalue weighted by molar-refractivity contribution is 5.80. The number of nitrogens with zero attached hydrogens (tertiary/aromatic N) is 1. The third-order valence-corrected chi connectivity index (χ3v) is 5.20. The molecule has 0 saturated heterocycles. The zero-order valence-corrected chi connectivity index (χ0v) is 17.0. The van der Waals surface area contributed by atoms with Crippen molar-refractivity contribution in [2.24, 2.45) is 4.99 Å². The van der Waals surface area contributed by atoms with Crippen LogP contribution < -0.4 is 20.7 Å². The molecule has 1 aromatic carbocycles. The van der Waals surface area contributed by atoms with Crippen LogP contribution in [-0.2, 0) is 11.2 Å². The zero-order valence-electron chi connectivity index (χ0n) is 17.0. The van der Waals surface area contributed by atoms with Crippen LogP contribution in [0.5, 0.6) is 5.75 Å². The Morgan fingerprint density at radius 1 is 1.04 bits per heavy atom. The number of nitrogens with one attached hydrogen (secondary N) is 3. The van der Waals surface area contributed by atoms with Gasteiger partial charge in [-0.15, -0.1) is 0 Å². The number of carbonyl (C=O) groups excluding carboxylic acids is 1. The van der Waals surface area contributed by atoms with Crippen LogP contribution in [0.1, 0.15) is 57.4 Å². The smallest absolute Gasteiger partial charge is 0.258 e. The maximum absolute atomic E-state index is 11.7. The molecule has 0 atom stereocenters. The van der Waals surface area contributed by atoms with E-state index in [9.17, 15) is 4.79 Å². The van der Waals surface area contributed by atoms with Gasteiger partial charge in [-0.2, -0.15) is 0 Å². The molecule has 2 fully saturated rings. The highest BCUT2D eigenvalue weighted by Gasteiger charge is 2.23. The molecular weight excluding hydrogens is 352 g/mol. The van der Waals surface area contributed by atoms with Crippen molar-refractivity contribution in [2.75, 3.05) is 19.7 Å². The summed E-state index contributed by atoms with van der Waals surface area (Å²) in [6.45, 7) is 3.80. The number of carbonyl (C=O) groups is 1. The van der Waals surface area contributed by atoms with Gasteiger partial charge in [0, 0.05) is 25.2 Å². The molecule has 0 unspecified atom stereocenters. The molecule has 3 N–H and O–H groups in total. The second-order valence-corrected chi connectivity index (χ2v) is 7.76. The third-order valence-electron chi connectivity index (χ3n) is 5.20. The Hall–Kier alpha value is -2.24. The van der Waals surface area contributed by atoms with Crippen LogP contribution in [0, 0.1) is 0 Å². The molecule has 2 saturated carbocycles. The summed E-state index contributed by atoms with van der Waals surface area (Å²) in [5.41, 5.74) is 1.21. The van der Waals surface area contributed by atoms with Crippen LogP contribution in [0.3, 0.4) is 0 Å². The average Bonchev–Trinajstić information content (AvgIpc) is 3.52. The first-order chi connectivity index (χ1) is 13.7. The van der Waals surface area contributed by atoms with E-state index in [2.05, 4.69) is 22.9 Å². The summed E-state index contributed by atoms with van der Waals surface area (Å²) >= 11 is 0. The molecule has 154 valence electrons. The van der Waals surface area contributed by atoms with Crippen molar-refractivity contribution in [3.8, 4) is 5.75 Å². The van der Waals surface area contributed by atoms with Gasteiger partial charge in [0.2, 0.25) is 0 Å². The second kappa shape index (κ2) is 10.9. The van der Waals surface area contributed by atoms with Gasteiger partial charge >= 0.3 is 0 Å². The lowest BCUT2D eigenvalue weighted by Crippen LogP contribution is -2.44. The zero-order chi connectivity index (χ0) is 19.6. The van der Waals surface area contributed by atoms with Crippen molar-refractivity contribution >= 4 is 11.9 Å². The molecule has 0 aliphatic heterocycles. The Labute approximate surface area is 168 Å². The van der Waals surface area contributed by atoms with E-state index in [1.54, 1.807) is 0 Å². The van der Waals surface area contributed by atoms with Gasteiger partial charge in [-0.3, -0.25) is 9.79 Å². The van der Waals surface area contributed by atoms with Gasteiger partial charge in [0.1, 0.15) is 5.75 Å². The number of ether oxygens (including phenoxy) is 1. The molecule has 3 rings (SSSR count). The summed E-state index contributed by atoms with van der Waals surface area (Å²) in [6.07, 6.45) is 9.53. The number of amides is 1. The molecule has 6 nitrogen and oxygen atoms in total. The van der Waals surface area contributed by atoms with Crippen molar-refractivity contribution in [1.29, 1.82) is 0 Å². The Bertz CT molecular complexity index is 634. The van der Waals surface area contributed by atoms with E-state index >= 15 is 0 Å². The minimum absolute atomic E-state index is 0.0395. The van der Waals surface area contributed by atoms with Crippen LogP contribution in [0.4, 0.5) is 0 Å². The molecule has 0 bridgehead atoms. The molecule has 2 aliphatic carbocycles. The van der Waals surface area contributed by atoms with Crippen LogP contribution in [0.25, 0.3) is 0 Å². The van der Waals surface area contributed by atoms with Crippen LogP contribution in [0.15, 0.2) is 29.3 Å². The maximum Gasteiger partial charge on any atom is 0.258 e. The van der Waals surface area contributed by atoms with E-state index in [0.717, 1.165) is 44.1 Å². The van der Waals surface area contributed by atoms with Gasteiger partial charge in [-0.1, -0.05) is 31.4 Å². The first-order valence-electron chi connectivity index (χ1n) is 10.8. The van der Waals surface area contributed by atoms with Crippen molar-refractivity contribution < 1.29 is 9.53 Å². The lowest BCUT2D eigenvalue weighted by Gasteiger charge is -2.24. The lowest BCUT2D eigenvalue weighted by atomic mass is 9.96. The minimum atomic E-state index is -0.0395.